The second kappa shape index (κ2) is 4.43. The van der Waals surface area contributed by atoms with Crippen molar-refractivity contribution in [1.82, 2.24) is 5.32 Å². The van der Waals surface area contributed by atoms with Crippen molar-refractivity contribution in [1.29, 1.82) is 0 Å². The van der Waals surface area contributed by atoms with Gasteiger partial charge >= 0.3 is 0 Å². The minimum absolute atomic E-state index is 0.476. The van der Waals surface area contributed by atoms with E-state index in [-0.39, 0.29) is 0 Å². The van der Waals surface area contributed by atoms with Crippen LogP contribution in [0.3, 0.4) is 0 Å². The van der Waals surface area contributed by atoms with Crippen molar-refractivity contribution >= 4 is 0 Å². The zero-order valence-electron chi connectivity index (χ0n) is 10.4. The minimum atomic E-state index is 0.476. The molecule has 2 aliphatic carbocycles. The monoisotopic (exact) mass is 230 g/mol. The molecule has 0 radical (unpaired) electrons. The first-order valence-corrected chi connectivity index (χ1v) is 6.89. The van der Waals surface area contributed by atoms with Crippen molar-refractivity contribution in [3.05, 3.63) is 35.4 Å². The Kier molecular flexibility index (Phi) is 2.93. The second-order valence-corrected chi connectivity index (χ2v) is 5.52. The van der Waals surface area contributed by atoms with Crippen molar-refractivity contribution in [3.63, 3.8) is 0 Å². The Morgan fingerprint density at radius 1 is 1.35 bits per heavy atom. The van der Waals surface area contributed by atoms with E-state index in [1.807, 2.05) is 0 Å². The average molecular weight is 230 g/mol. The largest absolute Gasteiger partial charge is 0.330 e. The molecule has 1 saturated carbocycles. The fourth-order valence-electron chi connectivity index (χ4n) is 3.48. The van der Waals surface area contributed by atoms with Gasteiger partial charge in [0.15, 0.2) is 0 Å². The molecule has 1 aromatic rings. The Hall–Kier alpha value is -0.860. The summed E-state index contributed by atoms with van der Waals surface area (Å²) in [5, 5.41) is 3.68. The van der Waals surface area contributed by atoms with Crippen LogP contribution in [0, 0.1) is 0 Å². The first kappa shape index (κ1) is 11.2. The van der Waals surface area contributed by atoms with Crippen LogP contribution in [0.5, 0.6) is 0 Å². The average Bonchev–Trinajstić information content (AvgIpc) is 3.04. The highest BCUT2D eigenvalue weighted by Gasteiger charge is 2.55. The van der Waals surface area contributed by atoms with E-state index in [1.165, 1.54) is 25.7 Å². The molecule has 1 aromatic carbocycles. The number of hydrogen-bond acceptors (Lipinski definition) is 2. The van der Waals surface area contributed by atoms with Crippen LogP contribution in [0.4, 0.5) is 0 Å². The zero-order chi connectivity index (χ0) is 11.7. The van der Waals surface area contributed by atoms with Gasteiger partial charge < -0.3 is 11.1 Å². The van der Waals surface area contributed by atoms with E-state index in [9.17, 15) is 0 Å². The lowest BCUT2D eigenvalue weighted by Gasteiger charge is -2.26. The Balaban J connectivity index is 1.74. The van der Waals surface area contributed by atoms with Crippen LogP contribution in [-0.2, 0) is 11.8 Å². The molecule has 0 bridgehead atoms. The topological polar surface area (TPSA) is 38.0 Å². The van der Waals surface area contributed by atoms with Gasteiger partial charge in [0.1, 0.15) is 0 Å². The predicted octanol–water partition coefficient (Wildman–Crippen LogP) is 1.97. The van der Waals surface area contributed by atoms with Crippen molar-refractivity contribution < 1.29 is 0 Å². The molecule has 2 unspecified atom stereocenters. The first-order chi connectivity index (χ1) is 8.37. The van der Waals surface area contributed by atoms with Crippen LogP contribution in [0.2, 0.25) is 0 Å². The van der Waals surface area contributed by atoms with Crippen LogP contribution in [0.25, 0.3) is 0 Å². The molecule has 2 nitrogen and oxygen atoms in total. The van der Waals surface area contributed by atoms with Gasteiger partial charge in [-0.15, -0.1) is 0 Å². The van der Waals surface area contributed by atoms with E-state index in [0.717, 1.165) is 19.5 Å². The minimum Gasteiger partial charge on any atom is -0.330 e. The van der Waals surface area contributed by atoms with Gasteiger partial charge in [-0.05, 0) is 56.3 Å². The van der Waals surface area contributed by atoms with Crippen LogP contribution in [-0.4, -0.2) is 19.1 Å². The lowest BCUT2D eigenvalue weighted by Crippen LogP contribution is -2.29. The van der Waals surface area contributed by atoms with Gasteiger partial charge in [-0.25, -0.2) is 0 Å². The molecule has 1 spiro atoms. The van der Waals surface area contributed by atoms with Crippen molar-refractivity contribution in [2.45, 2.75) is 43.6 Å². The number of nitrogens with one attached hydrogen (secondary N) is 1. The Labute approximate surface area is 104 Å². The summed E-state index contributed by atoms with van der Waals surface area (Å²) in [7, 11) is 0. The SMILES string of the molecule is NCCCNC1CC12CCCc1ccccc12. The standard InChI is InChI=1S/C15H22N2/c16-9-4-10-17-14-11-15(14)8-3-6-12-5-1-2-7-13(12)15/h1-2,5,7,14,17H,3-4,6,8-11,16H2. The molecule has 92 valence electrons. The normalized spacial score (nSPS) is 30.3. The molecule has 0 amide bonds. The maximum atomic E-state index is 5.54. The molecule has 1 fully saturated rings. The number of nitrogens with two attached hydrogens (primary N) is 1. The molecule has 0 aliphatic heterocycles. The third kappa shape index (κ3) is 1.90. The molecule has 0 saturated heterocycles. The van der Waals surface area contributed by atoms with Crippen LogP contribution >= 0.6 is 0 Å². The van der Waals surface area contributed by atoms with Gasteiger partial charge in [-0.3, -0.25) is 0 Å². The maximum absolute atomic E-state index is 5.54. The molecular weight excluding hydrogens is 208 g/mol. The fourth-order valence-corrected chi connectivity index (χ4v) is 3.48. The van der Waals surface area contributed by atoms with E-state index in [1.54, 1.807) is 11.1 Å². The van der Waals surface area contributed by atoms with Crippen molar-refractivity contribution in [2.24, 2.45) is 5.73 Å². The third-order valence-electron chi connectivity index (χ3n) is 4.47. The number of benzene rings is 1. The smallest absolute Gasteiger partial charge is 0.0174 e. The summed E-state index contributed by atoms with van der Waals surface area (Å²) in [4.78, 5) is 0. The Morgan fingerprint density at radius 3 is 3.12 bits per heavy atom. The molecule has 2 atom stereocenters. The summed E-state index contributed by atoms with van der Waals surface area (Å²) >= 11 is 0. The molecular formula is C15H22N2. The van der Waals surface area contributed by atoms with Gasteiger partial charge in [-0.2, -0.15) is 0 Å². The highest BCUT2D eigenvalue weighted by molar-refractivity contribution is 5.44. The lowest BCUT2D eigenvalue weighted by molar-refractivity contribution is 0.491. The quantitative estimate of drug-likeness (QED) is 0.776. The number of hydrogen-bond donors (Lipinski definition) is 2. The molecule has 2 heteroatoms. The van der Waals surface area contributed by atoms with Crippen LogP contribution < -0.4 is 11.1 Å². The first-order valence-electron chi connectivity index (χ1n) is 6.89. The number of fused-ring (bicyclic) bond motifs is 2. The summed E-state index contributed by atoms with van der Waals surface area (Å²) < 4.78 is 0. The van der Waals surface area contributed by atoms with Crippen molar-refractivity contribution in [3.8, 4) is 0 Å². The van der Waals surface area contributed by atoms with E-state index < -0.39 is 0 Å². The van der Waals surface area contributed by atoms with Crippen LogP contribution in [0.1, 0.15) is 36.8 Å². The van der Waals surface area contributed by atoms with E-state index >= 15 is 0 Å². The molecule has 0 heterocycles. The second-order valence-electron chi connectivity index (χ2n) is 5.52. The molecule has 17 heavy (non-hydrogen) atoms. The van der Waals surface area contributed by atoms with E-state index in [2.05, 4.69) is 29.6 Å². The predicted molar refractivity (Wildman–Crippen MR) is 71.1 cm³/mol. The summed E-state index contributed by atoms with van der Waals surface area (Å²) in [6, 6.07) is 9.73. The Morgan fingerprint density at radius 2 is 2.24 bits per heavy atom. The fraction of sp³-hybridized carbons (Fsp3) is 0.600. The maximum Gasteiger partial charge on any atom is 0.0174 e. The van der Waals surface area contributed by atoms with Crippen molar-refractivity contribution in [2.75, 3.05) is 13.1 Å². The highest BCUT2D eigenvalue weighted by atomic mass is 15.0. The summed E-state index contributed by atoms with van der Waals surface area (Å²) in [5.41, 5.74) is 9.22. The summed E-state index contributed by atoms with van der Waals surface area (Å²) in [6.07, 6.45) is 6.41. The number of aryl methyl sites for hydroxylation is 1. The summed E-state index contributed by atoms with van der Waals surface area (Å²) in [6.45, 7) is 1.87. The van der Waals surface area contributed by atoms with E-state index in [4.69, 9.17) is 5.73 Å². The zero-order valence-corrected chi connectivity index (χ0v) is 10.4. The van der Waals surface area contributed by atoms with Gasteiger partial charge in [0, 0.05) is 11.5 Å². The van der Waals surface area contributed by atoms with Gasteiger partial charge in [-0.1, -0.05) is 24.3 Å². The summed E-state index contributed by atoms with van der Waals surface area (Å²) in [5.74, 6) is 0. The Bertz CT molecular complexity index is 402. The molecule has 3 N–H and O–H groups in total. The van der Waals surface area contributed by atoms with Gasteiger partial charge in [0.25, 0.3) is 0 Å². The van der Waals surface area contributed by atoms with Gasteiger partial charge in [0.2, 0.25) is 0 Å². The molecule has 3 rings (SSSR count). The molecule has 2 aliphatic rings. The number of rotatable bonds is 4. The highest BCUT2D eigenvalue weighted by Crippen LogP contribution is 2.55. The van der Waals surface area contributed by atoms with Gasteiger partial charge in [0.05, 0.1) is 0 Å². The third-order valence-corrected chi connectivity index (χ3v) is 4.47. The molecule has 0 aromatic heterocycles. The van der Waals surface area contributed by atoms with Crippen LogP contribution in [0.15, 0.2) is 24.3 Å². The lowest BCUT2D eigenvalue weighted by atomic mass is 9.79. The van der Waals surface area contributed by atoms with E-state index in [0.29, 0.717) is 11.5 Å².